The van der Waals surface area contributed by atoms with Crippen molar-refractivity contribution in [3.05, 3.63) is 78.4 Å². The van der Waals surface area contributed by atoms with E-state index in [1.54, 1.807) is 12.1 Å². The molecule has 0 aliphatic carbocycles. The Kier molecular flexibility index (Phi) is 3.39. The minimum atomic E-state index is 0.292. The maximum absolute atomic E-state index is 9.56. The van der Waals surface area contributed by atoms with E-state index in [1.165, 1.54) is 33.3 Å². The summed E-state index contributed by atoms with van der Waals surface area (Å²) in [5.41, 5.74) is 7.29. The average Bonchev–Trinajstić information content (AvgIpc) is 2.87. The van der Waals surface area contributed by atoms with Crippen LogP contribution in [0.2, 0.25) is 0 Å². The summed E-state index contributed by atoms with van der Waals surface area (Å²) in [7, 11) is 2.12. The number of aryl methyl sites for hydroxylation is 2. The molecule has 2 nitrogen and oxygen atoms in total. The zero-order valence-electron chi connectivity index (χ0n) is 13.8. The summed E-state index contributed by atoms with van der Waals surface area (Å²) in [5, 5.41) is 10.8. The lowest BCUT2D eigenvalue weighted by Gasteiger charge is -2.06. The number of fused-ring (bicyclic) bond motifs is 1. The Morgan fingerprint density at radius 1 is 0.750 bits per heavy atom. The molecule has 0 aliphatic heterocycles. The van der Waals surface area contributed by atoms with Gasteiger partial charge in [0.1, 0.15) is 5.75 Å². The molecule has 0 saturated carbocycles. The molecule has 0 amide bonds. The van der Waals surface area contributed by atoms with Crippen molar-refractivity contribution in [1.82, 2.24) is 4.57 Å². The van der Waals surface area contributed by atoms with E-state index in [0.29, 0.717) is 5.75 Å². The molecule has 2 heteroatoms. The number of aromatic nitrogens is 1. The Labute approximate surface area is 141 Å². The number of hydrogen-bond donors (Lipinski definition) is 1. The molecule has 0 aliphatic rings. The van der Waals surface area contributed by atoms with Gasteiger partial charge in [0.25, 0.3) is 0 Å². The van der Waals surface area contributed by atoms with E-state index >= 15 is 0 Å². The first-order valence-electron chi connectivity index (χ1n) is 8.09. The number of aromatic hydroxyl groups is 1. The maximum Gasteiger partial charge on any atom is 0.115 e. The van der Waals surface area contributed by atoms with Crippen molar-refractivity contribution in [2.45, 2.75) is 6.92 Å². The van der Waals surface area contributed by atoms with Crippen LogP contribution in [0.3, 0.4) is 0 Å². The Hall–Kier alpha value is -3.00. The van der Waals surface area contributed by atoms with Crippen LogP contribution in [0.15, 0.2) is 72.8 Å². The number of phenols is 1. The van der Waals surface area contributed by atoms with E-state index in [0.717, 1.165) is 5.56 Å². The predicted octanol–water partition coefficient (Wildman–Crippen LogP) is 5.53. The maximum atomic E-state index is 9.56. The van der Waals surface area contributed by atoms with Gasteiger partial charge in [-0.1, -0.05) is 54.6 Å². The van der Waals surface area contributed by atoms with E-state index in [2.05, 4.69) is 61.0 Å². The van der Waals surface area contributed by atoms with Crippen LogP contribution in [0.5, 0.6) is 5.75 Å². The number of nitrogens with zero attached hydrogens (tertiary/aromatic N) is 1. The van der Waals surface area contributed by atoms with Crippen LogP contribution in [-0.4, -0.2) is 9.67 Å². The molecule has 0 bridgehead atoms. The molecule has 1 aromatic heterocycles. The highest BCUT2D eigenvalue weighted by Crippen LogP contribution is 2.38. The third-order valence-corrected chi connectivity index (χ3v) is 4.69. The lowest BCUT2D eigenvalue weighted by molar-refractivity contribution is 0.475. The highest BCUT2D eigenvalue weighted by atomic mass is 16.3. The van der Waals surface area contributed by atoms with Crippen molar-refractivity contribution in [3.8, 4) is 28.1 Å². The van der Waals surface area contributed by atoms with Crippen molar-refractivity contribution in [3.63, 3.8) is 0 Å². The van der Waals surface area contributed by atoms with Crippen LogP contribution in [0.4, 0.5) is 0 Å². The van der Waals surface area contributed by atoms with Gasteiger partial charge in [0.2, 0.25) is 0 Å². The number of hydrogen-bond acceptors (Lipinski definition) is 1. The van der Waals surface area contributed by atoms with Crippen LogP contribution in [-0.2, 0) is 7.05 Å². The quantitative estimate of drug-likeness (QED) is 0.517. The van der Waals surface area contributed by atoms with Gasteiger partial charge < -0.3 is 9.67 Å². The average molecular weight is 313 g/mol. The molecule has 3 aromatic carbocycles. The summed E-state index contributed by atoms with van der Waals surface area (Å²) in [6.45, 7) is 2.19. The van der Waals surface area contributed by atoms with Crippen LogP contribution < -0.4 is 0 Å². The minimum absolute atomic E-state index is 0.292. The molecule has 1 heterocycles. The summed E-state index contributed by atoms with van der Waals surface area (Å²) in [6, 6.07) is 24.3. The monoisotopic (exact) mass is 313 g/mol. The molecule has 0 fully saturated rings. The smallest absolute Gasteiger partial charge is 0.115 e. The fraction of sp³-hybridized carbons (Fsp3) is 0.0909. The topological polar surface area (TPSA) is 25.2 Å². The summed E-state index contributed by atoms with van der Waals surface area (Å²) < 4.78 is 2.27. The molecule has 118 valence electrons. The molecule has 0 atom stereocenters. The Morgan fingerprint density at radius 3 is 2.17 bits per heavy atom. The molecular formula is C22H19NO. The number of benzene rings is 3. The zero-order chi connectivity index (χ0) is 16.7. The van der Waals surface area contributed by atoms with Crippen molar-refractivity contribution in [1.29, 1.82) is 0 Å². The van der Waals surface area contributed by atoms with Gasteiger partial charge in [-0.3, -0.25) is 0 Å². The fourth-order valence-corrected chi connectivity index (χ4v) is 3.59. The standard InChI is InChI=1S/C22H19NO/c1-15-21-19(16-11-13-18(24)14-12-16)9-6-10-20(21)23(2)22(15)17-7-4-3-5-8-17/h3-14,24H,1-2H3. The lowest BCUT2D eigenvalue weighted by Crippen LogP contribution is -1.91. The Bertz CT molecular complexity index is 1010. The third kappa shape index (κ3) is 2.19. The van der Waals surface area contributed by atoms with Gasteiger partial charge in [0.15, 0.2) is 0 Å². The molecule has 0 spiro atoms. The second-order valence-corrected chi connectivity index (χ2v) is 6.15. The summed E-state index contributed by atoms with van der Waals surface area (Å²) in [5.74, 6) is 0.292. The van der Waals surface area contributed by atoms with E-state index in [9.17, 15) is 5.11 Å². The van der Waals surface area contributed by atoms with Crippen molar-refractivity contribution in [2.75, 3.05) is 0 Å². The van der Waals surface area contributed by atoms with Gasteiger partial charge in [-0.2, -0.15) is 0 Å². The van der Waals surface area contributed by atoms with Crippen molar-refractivity contribution >= 4 is 10.9 Å². The summed E-state index contributed by atoms with van der Waals surface area (Å²) >= 11 is 0. The zero-order valence-corrected chi connectivity index (χ0v) is 13.8. The minimum Gasteiger partial charge on any atom is -0.508 e. The second-order valence-electron chi connectivity index (χ2n) is 6.15. The van der Waals surface area contributed by atoms with Gasteiger partial charge in [-0.25, -0.2) is 0 Å². The van der Waals surface area contributed by atoms with Gasteiger partial charge in [-0.05, 0) is 47.4 Å². The highest BCUT2D eigenvalue weighted by Gasteiger charge is 2.16. The largest absolute Gasteiger partial charge is 0.508 e. The molecular weight excluding hydrogens is 294 g/mol. The first kappa shape index (κ1) is 14.6. The SMILES string of the molecule is Cc1c(-c2ccccc2)n(C)c2cccc(-c3ccc(O)cc3)c12. The van der Waals surface area contributed by atoms with Gasteiger partial charge in [0.05, 0.1) is 5.69 Å². The first-order chi connectivity index (χ1) is 11.7. The first-order valence-corrected chi connectivity index (χ1v) is 8.09. The molecule has 0 saturated heterocycles. The predicted molar refractivity (Wildman–Crippen MR) is 100 cm³/mol. The highest BCUT2D eigenvalue weighted by molar-refractivity contribution is 6.02. The van der Waals surface area contributed by atoms with Crippen LogP contribution >= 0.6 is 0 Å². The fourth-order valence-electron chi connectivity index (χ4n) is 3.59. The summed E-state index contributed by atoms with van der Waals surface area (Å²) in [4.78, 5) is 0. The number of rotatable bonds is 2. The molecule has 4 aromatic rings. The molecule has 0 unspecified atom stereocenters. The van der Waals surface area contributed by atoms with E-state index in [-0.39, 0.29) is 0 Å². The Morgan fingerprint density at radius 2 is 1.46 bits per heavy atom. The molecule has 24 heavy (non-hydrogen) atoms. The third-order valence-electron chi connectivity index (χ3n) is 4.69. The van der Waals surface area contributed by atoms with Crippen LogP contribution in [0, 0.1) is 6.92 Å². The summed E-state index contributed by atoms with van der Waals surface area (Å²) in [6.07, 6.45) is 0. The van der Waals surface area contributed by atoms with E-state index in [4.69, 9.17) is 0 Å². The number of phenolic OH excluding ortho intramolecular Hbond substituents is 1. The molecule has 1 N–H and O–H groups in total. The van der Waals surface area contributed by atoms with Crippen molar-refractivity contribution < 1.29 is 5.11 Å². The van der Waals surface area contributed by atoms with Crippen molar-refractivity contribution in [2.24, 2.45) is 7.05 Å². The van der Waals surface area contributed by atoms with Crippen LogP contribution in [0.25, 0.3) is 33.3 Å². The second kappa shape index (κ2) is 5.57. The van der Waals surface area contributed by atoms with Gasteiger partial charge >= 0.3 is 0 Å². The van der Waals surface area contributed by atoms with E-state index in [1.807, 2.05) is 18.2 Å². The Balaban J connectivity index is 2.03. The molecule has 0 radical (unpaired) electrons. The van der Waals surface area contributed by atoms with Gasteiger partial charge in [-0.15, -0.1) is 0 Å². The van der Waals surface area contributed by atoms with Gasteiger partial charge in [0, 0.05) is 18.0 Å². The molecule has 4 rings (SSSR count). The van der Waals surface area contributed by atoms with E-state index < -0.39 is 0 Å². The normalized spacial score (nSPS) is 11.1. The van der Waals surface area contributed by atoms with Crippen LogP contribution in [0.1, 0.15) is 5.56 Å². The lowest BCUT2D eigenvalue weighted by atomic mass is 9.98.